The summed E-state index contributed by atoms with van der Waals surface area (Å²) in [7, 11) is 1.61. The minimum absolute atomic E-state index is 0.00194. The number of methoxy groups -OCH3 is 1. The van der Waals surface area contributed by atoms with Crippen LogP contribution in [0.15, 0.2) is 42.5 Å². The highest BCUT2D eigenvalue weighted by atomic mass is 16.5. The quantitative estimate of drug-likeness (QED) is 0.892. The molecule has 0 spiro atoms. The van der Waals surface area contributed by atoms with E-state index in [-0.39, 0.29) is 12.5 Å². The van der Waals surface area contributed by atoms with Crippen LogP contribution in [-0.2, 0) is 11.3 Å². The Morgan fingerprint density at radius 3 is 2.45 bits per heavy atom. The molecule has 2 aromatic rings. The van der Waals surface area contributed by atoms with E-state index in [1.807, 2.05) is 50.2 Å². The van der Waals surface area contributed by atoms with E-state index in [2.05, 4.69) is 11.4 Å². The zero-order valence-electron chi connectivity index (χ0n) is 13.2. The van der Waals surface area contributed by atoms with Crippen LogP contribution in [0.25, 0.3) is 0 Å². The Bertz CT molecular complexity index is 632. The molecular formula is C18H21NO3. The fourth-order valence-electron chi connectivity index (χ4n) is 2.26. The molecule has 0 heterocycles. The van der Waals surface area contributed by atoms with Crippen LogP contribution in [0.4, 0.5) is 0 Å². The van der Waals surface area contributed by atoms with Gasteiger partial charge < -0.3 is 14.8 Å². The third-order valence-corrected chi connectivity index (χ3v) is 3.23. The Kier molecular flexibility index (Phi) is 5.42. The molecular weight excluding hydrogens is 278 g/mol. The molecule has 0 saturated carbocycles. The van der Waals surface area contributed by atoms with Crippen LogP contribution in [0.2, 0.25) is 0 Å². The summed E-state index contributed by atoms with van der Waals surface area (Å²) in [5.41, 5.74) is 3.17. The van der Waals surface area contributed by atoms with Crippen molar-refractivity contribution in [2.24, 2.45) is 0 Å². The molecule has 2 aromatic carbocycles. The lowest BCUT2D eigenvalue weighted by Crippen LogP contribution is -2.28. The first kappa shape index (κ1) is 15.9. The molecule has 0 unspecified atom stereocenters. The van der Waals surface area contributed by atoms with Gasteiger partial charge in [-0.25, -0.2) is 0 Å². The highest BCUT2D eigenvalue weighted by molar-refractivity contribution is 5.77. The maximum Gasteiger partial charge on any atom is 0.258 e. The van der Waals surface area contributed by atoms with Crippen LogP contribution in [-0.4, -0.2) is 19.6 Å². The fourth-order valence-corrected chi connectivity index (χ4v) is 2.26. The number of hydrogen-bond acceptors (Lipinski definition) is 3. The molecule has 0 radical (unpaired) electrons. The van der Waals surface area contributed by atoms with Crippen LogP contribution in [0.1, 0.15) is 16.7 Å². The molecule has 1 N–H and O–H groups in total. The van der Waals surface area contributed by atoms with Gasteiger partial charge in [-0.1, -0.05) is 24.3 Å². The second kappa shape index (κ2) is 7.50. The van der Waals surface area contributed by atoms with Crippen molar-refractivity contribution in [3.05, 3.63) is 59.2 Å². The monoisotopic (exact) mass is 299 g/mol. The van der Waals surface area contributed by atoms with E-state index in [0.29, 0.717) is 12.3 Å². The Morgan fingerprint density at radius 2 is 1.77 bits per heavy atom. The average Bonchev–Trinajstić information content (AvgIpc) is 2.50. The van der Waals surface area contributed by atoms with Gasteiger partial charge >= 0.3 is 0 Å². The first-order valence-electron chi connectivity index (χ1n) is 7.18. The summed E-state index contributed by atoms with van der Waals surface area (Å²) in [5, 5.41) is 2.83. The molecule has 0 aliphatic carbocycles. The van der Waals surface area contributed by atoms with Gasteiger partial charge in [0.15, 0.2) is 6.61 Å². The summed E-state index contributed by atoms with van der Waals surface area (Å²) >= 11 is 0. The summed E-state index contributed by atoms with van der Waals surface area (Å²) in [6.45, 7) is 4.42. The van der Waals surface area contributed by atoms with Crippen molar-refractivity contribution < 1.29 is 14.3 Å². The lowest BCUT2D eigenvalue weighted by molar-refractivity contribution is -0.123. The summed E-state index contributed by atoms with van der Waals surface area (Å²) in [4.78, 5) is 11.9. The van der Waals surface area contributed by atoms with Gasteiger partial charge in [0, 0.05) is 12.1 Å². The average molecular weight is 299 g/mol. The standard InChI is InChI=1S/C18H21NO3/c1-13-8-14(2)10-16(9-13)22-12-18(20)19-11-15-6-4-5-7-17(15)21-3/h4-10H,11-12H2,1-3H3,(H,19,20). The zero-order valence-corrected chi connectivity index (χ0v) is 13.2. The lowest BCUT2D eigenvalue weighted by atomic mass is 10.1. The number of rotatable bonds is 6. The van der Waals surface area contributed by atoms with Crippen LogP contribution in [0.5, 0.6) is 11.5 Å². The molecule has 1 amide bonds. The number of ether oxygens (including phenoxy) is 2. The Balaban J connectivity index is 1.85. The third kappa shape index (κ3) is 4.52. The second-order valence-corrected chi connectivity index (χ2v) is 5.20. The highest BCUT2D eigenvalue weighted by Crippen LogP contribution is 2.17. The lowest BCUT2D eigenvalue weighted by Gasteiger charge is -2.11. The normalized spacial score (nSPS) is 10.1. The summed E-state index contributed by atoms with van der Waals surface area (Å²) in [6, 6.07) is 13.5. The second-order valence-electron chi connectivity index (χ2n) is 5.20. The number of aryl methyl sites for hydroxylation is 2. The van der Waals surface area contributed by atoms with E-state index in [9.17, 15) is 4.79 Å². The van der Waals surface area contributed by atoms with E-state index in [4.69, 9.17) is 9.47 Å². The number of carbonyl (C=O) groups is 1. The SMILES string of the molecule is COc1ccccc1CNC(=O)COc1cc(C)cc(C)c1. The van der Waals surface area contributed by atoms with Gasteiger partial charge in [-0.15, -0.1) is 0 Å². The van der Waals surface area contributed by atoms with Crippen molar-refractivity contribution in [1.29, 1.82) is 0 Å². The van der Waals surface area contributed by atoms with Gasteiger partial charge in [0.1, 0.15) is 11.5 Å². The molecule has 0 bridgehead atoms. The number of para-hydroxylation sites is 1. The van der Waals surface area contributed by atoms with Crippen molar-refractivity contribution in [3.63, 3.8) is 0 Å². The molecule has 0 aliphatic rings. The summed E-state index contributed by atoms with van der Waals surface area (Å²) < 4.78 is 10.8. The van der Waals surface area contributed by atoms with Gasteiger partial charge in [-0.3, -0.25) is 4.79 Å². The predicted octanol–water partition coefficient (Wildman–Crippen LogP) is 3.01. The minimum Gasteiger partial charge on any atom is -0.496 e. The van der Waals surface area contributed by atoms with Crippen molar-refractivity contribution in [2.75, 3.05) is 13.7 Å². The predicted molar refractivity (Wildman–Crippen MR) is 86.3 cm³/mol. The molecule has 4 heteroatoms. The Hall–Kier alpha value is -2.49. The third-order valence-electron chi connectivity index (χ3n) is 3.23. The number of amides is 1. The van der Waals surface area contributed by atoms with E-state index in [1.165, 1.54) is 0 Å². The van der Waals surface area contributed by atoms with E-state index < -0.39 is 0 Å². The first-order chi connectivity index (χ1) is 10.6. The summed E-state index contributed by atoms with van der Waals surface area (Å²) in [5.74, 6) is 1.31. The van der Waals surface area contributed by atoms with Crippen LogP contribution in [0.3, 0.4) is 0 Å². The minimum atomic E-state index is -0.162. The summed E-state index contributed by atoms with van der Waals surface area (Å²) in [6.07, 6.45) is 0. The van der Waals surface area contributed by atoms with Crippen LogP contribution in [0, 0.1) is 13.8 Å². The maximum atomic E-state index is 11.9. The molecule has 4 nitrogen and oxygen atoms in total. The number of carbonyl (C=O) groups excluding carboxylic acids is 1. The van der Waals surface area contributed by atoms with E-state index in [1.54, 1.807) is 7.11 Å². The van der Waals surface area contributed by atoms with E-state index in [0.717, 1.165) is 22.4 Å². The molecule has 116 valence electrons. The van der Waals surface area contributed by atoms with Gasteiger partial charge in [0.05, 0.1) is 7.11 Å². The zero-order chi connectivity index (χ0) is 15.9. The van der Waals surface area contributed by atoms with Crippen LogP contribution >= 0.6 is 0 Å². The van der Waals surface area contributed by atoms with Gasteiger partial charge in [-0.05, 0) is 43.2 Å². The molecule has 0 atom stereocenters. The van der Waals surface area contributed by atoms with E-state index >= 15 is 0 Å². The van der Waals surface area contributed by atoms with Gasteiger partial charge in [0.2, 0.25) is 0 Å². The number of nitrogens with one attached hydrogen (secondary N) is 1. The Labute approximate surface area is 131 Å². The molecule has 2 rings (SSSR count). The maximum absolute atomic E-state index is 11.9. The van der Waals surface area contributed by atoms with Crippen molar-refractivity contribution in [3.8, 4) is 11.5 Å². The van der Waals surface area contributed by atoms with Crippen molar-refractivity contribution in [1.82, 2.24) is 5.32 Å². The van der Waals surface area contributed by atoms with Crippen molar-refractivity contribution >= 4 is 5.91 Å². The topological polar surface area (TPSA) is 47.6 Å². The molecule has 0 fully saturated rings. The highest BCUT2D eigenvalue weighted by Gasteiger charge is 2.06. The van der Waals surface area contributed by atoms with Crippen molar-refractivity contribution in [2.45, 2.75) is 20.4 Å². The van der Waals surface area contributed by atoms with Crippen LogP contribution < -0.4 is 14.8 Å². The Morgan fingerprint density at radius 1 is 1.09 bits per heavy atom. The number of benzene rings is 2. The molecule has 22 heavy (non-hydrogen) atoms. The smallest absolute Gasteiger partial charge is 0.258 e. The molecule has 0 aliphatic heterocycles. The van der Waals surface area contributed by atoms with Gasteiger partial charge in [0.25, 0.3) is 5.91 Å². The number of hydrogen-bond donors (Lipinski definition) is 1. The van der Waals surface area contributed by atoms with Gasteiger partial charge in [-0.2, -0.15) is 0 Å². The largest absolute Gasteiger partial charge is 0.496 e. The first-order valence-corrected chi connectivity index (χ1v) is 7.18. The molecule has 0 aromatic heterocycles. The fraction of sp³-hybridized carbons (Fsp3) is 0.278. The molecule has 0 saturated heterocycles.